The first-order valence-electron chi connectivity index (χ1n) is 3.04. The summed E-state index contributed by atoms with van der Waals surface area (Å²) in [5.41, 5.74) is 0. The molecule has 2 radical (unpaired) electrons. The summed E-state index contributed by atoms with van der Waals surface area (Å²) in [6.45, 7) is 0. The third kappa shape index (κ3) is 57.0. The van der Waals surface area contributed by atoms with E-state index in [1.54, 1.807) is 12.5 Å². The zero-order chi connectivity index (χ0) is 14.0. The van der Waals surface area contributed by atoms with Crippen LogP contribution in [-0.4, -0.2) is 49.2 Å². The van der Waals surface area contributed by atoms with Crippen molar-refractivity contribution in [2.45, 2.75) is 0 Å². The van der Waals surface area contributed by atoms with E-state index in [0.29, 0.717) is 0 Å². The molecule has 0 fully saturated rings. The Morgan fingerprint density at radius 1 is 0.611 bits per heavy atom. The summed E-state index contributed by atoms with van der Waals surface area (Å²) in [5, 5.41) is 0. The molecule has 6 nitrogen and oxygen atoms in total. The predicted molar refractivity (Wildman–Crippen MR) is 59.4 cm³/mol. The number of carbonyl (C=O) groups excluding carboxylic acids is 6. The second-order valence-corrected chi connectivity index (χ2v) is 1.07. The molecule has 0 saturated carbocycles. The molecule has 0 aliphatic heterocycles. The zero-order valence-corrected chi connectivity index (χ0v) is 12.8. The van der Waals surface area contributed by atoms with E-state index < -0.39 is 11.6 Å². The molecule has 0 amide bonds. The molecule has 0 bridgehead atoms. The van der Waals surface area contributed by atoms with Crippen molar-refractivity contribution in [2.24, 2.45) is 0 Å². The van der Waals surface area contributed by atoms with Crippen LogP contribution in [-0.2, 0) is 88.2 Å². The van der Waals surface area contributed by atoms with E-state index >= 15 is 0 Å². The van der Waals surface area contributed by atoms with Crippen LogP contribution < -0.4 is 0 Å². The largest absolute Gasteiger partial charge is 3.00 e. The quantitative estimate of drug-likeness (QED) is 0.181. The van der Waals surface area contributed by atoms with E-state index in [0.717, 1.165) is 25.1 Å². The Kier molecular flexibility index (Phi) is 87.6. The molecule has 0 unspecified atom stereocenters. The summed E-state index contributed by atoms with van der Waals surface area (Å²) in [6, 6.07) is 0. The maximum atomic E-state index is 9.33. The van der Waals surface area contributed by atoms with E-state index in [4.69, 9.17) is 19.2 Å². The van der Waals surface area contributed by atoms with Gasteiger partial charge in [0.05, 0.1) is 0 Å². The number of ketones is 2. The molecule has 0 rings (SSSR count). The minimum absolute atomic E-state index is 0. The Morgan fingerprint density at radius 2 is 0.722 bits per heavy atom. The standard InChI is InChI=1S/2C3O3.2CH4S.2Fe/c2*4-1-3(6)2-5;2*1-2;;/h;;2*2H,1H3;;/q2*-2;;;2*+3/p-2. The summed E-state index contributed by atoms with van der Waals surface area (Å²) >= 11 is 8.17. The fraction of sp³-hybridized carbons (Fsp3) is 0.250. The van der Waals surface area contributed by atoms with Crippen molar-refractivity contribution < 1.29 is 62.9 Å². The minimum Gasteiger partial charge on any atom is -0.796 e. The Bertz CT molecular complexity index is 192. The molecule has 0 spiro atoms. The first kappa shape index (κ1) is 36.1. The van der Waals surface area contributed by atoms with E-state index in [-0.39, 0.29) is 34.1 Å². The van der Waals surface area contributed by atoms with Gasteiger partial charge in [0.25, 0.3) is 0 Å². The zero-order valence-electron chi connectivity index (χ0n) is 8.97. The Balaban J connectivity index is -0.0000000287. The van der Waals surface area contributed by atoms with Gasteiger partial charge in [0.2, 0.25) is 0 Å². The predicted octanol–water partition coefficient (Wildman–Crippen LogP) is -2.13. The van der Waals surface area contributed by atoms with Crippen molar-refractivity contribution in [1.82, 2.24) is 0 Å². The second-order valence-electron chi connectivity index (χ2n) is 1.07. The van der Waals surface area contributed by atoms with Crippen LogP contribution in [0.1, 0.15) is 0 Å². The van der Waals surface area contributed by atoms with Gasteiger partial charge in [-0.1, -0.05) is 0 Å². The van der Waals surface area contributed by atoms with Crippen LogP contribution in [0.2, 0.25) is 0 Å². The van der Waals surface area contributed by atoms with Crippen LogP contribution in [0.5, 0.6) is 0 Å². The monoisotopic (exact) mass is 374 g/mol. The molecule has 0 saturated heterocycles. The molecule has 18 heavy (non-hydrogen) atoms. The van der Waals surface area contributed by atoms with Gasteiger partial charge in [-0.15, -0.1) is 11.6 Å². The van der Waals surface area contributed by atoms with E-state index in [1.807, 2.05) is 0 Å². The van der Waals surface area contributed by atoms with Crippen LogP contribution in [0, 0.1) is 0 Å². The van der Waals surface area contributed by atoms with Crippen molar-refractivity contribution in [3.05, 3.63) is 0 Å². The van der Waals surface area contributed by atoms with Crippen molar-refractivity contribution in [3.8, 4) is 0 Å². The fourth-order valence-electron chi connectivity index (χ4n) is 0.0417. The van der Waals surface area contributed by atoms with E-state index in [1.165, 1.54) is 0 Å². The Labute approximate surface area is 137 Å². The minimum atomic E-state index is -1.27. The molecule has 0 aromatic carbocycles. The van der Waals surface area contributed by atoms with Gasteiger partial charge in [0.1, 0.15) is 0 Å². The SMILES string of the molecule is C[S-].C[S-].O=[C-]C(=O)[C-]=O.O=[C-]C(=O)[C-]=O.[Fe+3].[Fe+3]. The molecule has 0 heterocycles. The molecule has 10 heteroatoms. The molecule has 0 aliphatic rings. The number of rotatable bonds is 4. The Hall–Kier alpha value is -0.241. The van der Waals surface area contributed by atoms with Gasteiger partial charge in [0.15, 0.2) is 0 Å². The topological polar surface area (TPSA) is 102 Å². The number of hydrogen-bond acceptors (Lipinski definition) is 8. The summed E-state index contributed by atoms with van der Waals surface area (Å²) in [4.78, 5) is 54.7. The first-order valence-corrected chi connectivity index (χ1v) is 4.67. The van der Waals surface area contributed by atoms with Gasteiger partial charge in [-0.05, 0) is 0 Å². The molecule has 0 aromatic heterocycles. The molecule has 0 aromatic rings. The van der Waals surface area contributed by atoms with Crippen LogP contribution in [0.4, 0.5) is 0 Å². The van der Waals surface area contributed by atoms with Crippen molar-refractivity contribution in [1.29, 1.82) is 0 Å². The maximum Gasteiger partial charge on any atom is 3.00 e. The van der Waals surface area contributed by atoms with Crippen molar-refractivity contribution in [2.75, 3.05) is 12.5 Å². The average molecular weight is 374 g/mol. The number of hydrogen-bond donors (Lipinski definition) is 0. The first-order chi connectivity index (χ1) is 7.62. The van der Waals surface area contributed by atoms with Crippen LogP contribution in [0.15, 0.2) is 0 Å². The number of Topliss-reactive ketones (excluding diaryl/α,β-unsaturated/α-hetero) is 2. The van der Waals surface area contributed by atoms with Crippen LogP contribution >= 0.6 is 0 Å². The van der Waals surface area contributed by atoms with Gasteiger partial charge in [-0.2, -0.15) is 12.5 Å². The van der Waals surface area contributed by atoms with Gasteiger partial charge in [-0.3, -0.25) is 0 Å². The molecular formula is C8H6Fe2O6S2. The van der Waals surface area contributed by atoms with Crippen LogP contribution in [0.3, 0.4) is 0 Å². The molecule has 0 N–H and O–H groups in total. The van der Waals surface area contributed by atoms with Gasteiger partial charge >= 0.3 is 34.1 Å². The number of carbonyl (C=O) groups is 2. The van der Waals surface area contributed by atoms with Gasteiger partial charge in [0, 0.05) is 0 Å². The summed E-state index contributed by atoms with van der Waals surface area (Å²) in [7, 11) is 0. The third-order valence-corrected chi connectivity index (χ3v) is 0.371. The second kappa shape index (κ2) is 43.7. The third-order valence-electron chi connectivity index (χ3n) is 0.371. The molecule has 0 atom stereocenters. The van der Waals surface area contributed by atoms with Crippen molar-refractivity contribution in [3.63, 3.8) is 0 Å². The smallest absolute Gasteiger partial charge is 0.796 e. The molecular weight excluding hydrogens is 368 g/mol. The van der Waals surface area contributed by atoms with Gasteiger partial charge in [-0.25, -0.2) is 25.1 Å². The molecule has 102 valence electrons. The van der Waals surface area contributed by atoms with Crippen LogP contribution in [0.25, 0.3) is 0 Å². The van der Waals surface area contributed by atoms with E-state index in [2.05, 4.69) is 25.3 Å². The fourth-order valence-corrected chi connectivity index (χ4v) is 0.0417. The molecule has 0 aliphatic carbocycles. The average Bonchev–Trinajstić information content (AvgIpc) is 2.41. The maximum absolute atomic E-state index is 9.33. The summed E-state index contributed by atoms with van der Waals surface area (Å²) in [6.07, 6.45) is 6.37. The normalized spacial score (nSPS) is 5.11. The Morgan fingerprint density at radius 3 is 0.722 bits per heavy atom. The summed E-state index contributed by atoms with van der Waals surface area (Å²) < 4.78 is 0. The van der Waals surface area contributed by atoms with Gasteiger partial charge < -0.3 is 54.0 Å². The van der Waals surface area contributed by atoms with E-state index in [9.17, 15) is 9.59 Å². The summed E-state index contributed by atoms with van der Waals surface area (Å²) in [5.74, 6) is -2.54. The van der Waals surface area contributed by atoms with Crippen molar-refractivity contribution >= 4 is 62.0 Å².